The second kappa shape index (κ2) is 11.3. The first-order valence-corrected chi connectivity index (χ1v) is 9.02. The molecule has 2 N–H and O–H groups in total. The Bertz CT molecular complexity index is 747. The van der Waals surface area contributed by atoms with E-state index in [0.717, 1.165) is 24.5 Å². The molecule has 0 saturated carbocycles. The van der Waals surface area contributed by atoms with Gasteiger partial charge in [0.25, 0.3) is 0 Å². The molecule has 154 valence electrons. The molecule has 0 spiro atoms. The molecule has 1 saturated heterocycles. The lowest BCUT2D eigenvalue weighted by molar-refractivity contribution is 0.0170. The van der Waals surface area contributed by atoms with Crippen LogP contribution in [0.15, 0.2) is 35.6 Å². The van der Waals surface area contributed by atoms with Crippen LogP contribution in [0.25, 0.3) is 0 Å². The highest BCUT2D eigenvalue weighted by atomic mass is 127. The van der Waals surface area contributed by atoms with Gasteiger partial charge in [0.2, 0.25) is 0 Å². The van der Waals surface area contributed by atoms with E-state index in [0.29, 0.717) is 32.3 Å². The van der Waals surface area contributed by atoms with Crippen molar-refractivity contribution in [3.05, 3.63) is 47.8 Å². The molecule has 0 bridgehead atoms. The van der Waals surface area contributed by atoms with Gasteiger partial charge >= 0.3 is 0 Å². The van der Waals surface area contributed by atoms with Gasteiger partial charge in [0, 0.05) is 33.7 Å². The molecule has 0 aliphatic carbocycles. The van der Waals surface area contributed by atoms with Crippen molar-refractivity contribution in [2.24, 2.45) is 12.0 Å². The summed E-state index contributed by atoms with van der Waals surface area (Å²) in [5, 5.41) is 10.7. The van der Waals surface area contributed by atoms with Gasteiger partial charge in [-0.1, -0.05) is 12.1 Å². The zero-order valence-corrected chi connectivity index (χ0v) is 18.5. The summed E-state index contributed by atoms with van der Waals surface area (Å²) in [6, 6.07) is 6.79. The summed E-state index contributed by atoms with van der Waals surface area (Å²) in [6.07, 6.45) is 1.52. The minimum absolute atomic E-state index is 0. The van der Waals surface area contributed by atoms with E-state index < -0.39 is 0 Å². The summed E-state index contributed by atoms with van der Waals surface area (Å²) in [4.78, 5) is 10.8. The second-order valence-corrected chi connectivity index (χ2v) is 6.32. The number of halogens is 2. The number of hydrogen-bond donors (Lipinski definition) is 2. The van der Waals surface area contributed by atoms with Gasteiger partial charge in [-0.3, -0.25) is 14.6 Å². The fourth-order valence-electron chi connectivity index (χ4n) is 3.09. The standard InChI is InChI=1S/C18H26FN7O.HI/c1-20-18(22-12-17-23-13-24-25(17)2)21-11-16(26-7-9-27-10-8-26)14-3-5-15(19)6-4-14;/h3-6,13,16H,7-12H2,1-2H3,(H2,20,21,22);1H. The molecule has 1 atom stereocenters. The van der Waals surface area contributed by atoms with Crippen LogP contribution in [0.1, 0.15) is 17.4 Å². The first kappa shape index (κ1) is 22.5. The number of hydrogen-bond acceptors (Lipinski definition) is 5. The van der Waals surface area contributed by atoms with Crippen LogP contribution in [0, 0.1) is 5.82 Å². The van der Waals surface area contributed by atoms with E-state index in [1.165, 1.54) is 18.5 Å². The number of aromatic nitrogens is 3. The molecule has 1 aliphatic rings. The first-order chi connectivity index (χ1) is 13.2. The Morgan fingerprint density at radius 2 is 1.96 bits per heavy atom. The van der Waals surface area contributed by atoms with Crippen LogP contribution in [0.4, 0.5) is 4.39 Å². The highest BCUT2D eigenvalue weighted by molar-refractivity contribution is 14.0. The summed E-state index contributed by atoms with van der Waals surface area (Å²) in [6.45, 7) is 4.26. The predicted octanol–water partition coefficient (Wildman–Crippen LogP) is 1.31. The van der Waals surface area contributed by atoms with Crippen molar-refractivity contribution in [1.29, 1.82) is 0 Å². The largest absolute Gasteiger partial charge is 0.379 e. The summed E-state index contributed by atoms with van der Waals surface area (Å²) in [5.74, 6) is 1.27. The molecule has 3 rings (SSSR count). The van der Waals surface area contributed by atoms with Crippen molar-refractivity contribution < 1.29 is 9.13 Å². The quantitative estimate of drug-likeness (QED) is 0.352. The normalized spacial score (nSPS) is 16.3. The minimum Gasteiger partial charge on any atom is -0.379 e. The van der Waals surface area contributed by atoms with Crippen molar-refractivity contribution >= 4 is 29.9 Å². The fraction of sp³-hybridized carbons (Fsp3) is 0.500. The highest BCUT2D eigenvalue weighted by Crippen LogP contribution is 2.21. The van der Waals surface area contributed by atoms with Gasteiger partial charge < -0.3 is 15.4 Å². The van der Waals surface area contributed by atoms with Crippen molar-refractivity contribution in [3.63, 3.8) is 0 Å². The lowest BCUT2D eigenvalue weighted by Crippen LogP contribution is -2.46. The zero-order valence-electron chi connectivity index (χ0n) is 16.1. The van der Waals surface area contributed by atoms with E-state index in [1.54, 1.807) is 11.7 Å². The Balaban J connectivity index is 0.00000280. The van der Waals surface area contributed by atoms with Gasteiger partial charge in [0.05, 0.1) is 25.8 Å². The summed E-state index contributed by atoms with van der Waals surface area (Å²) in [5.41, 5.74) is 1.06. The lowest BCUT2D eigenvalue weighted by atomic mass is 10.0. The minimum atomic E-state index is -0.228. The maximum absolute atomic E-state index is 13.3. The number of benzene rings is 1. The zero-order chi connectivity index (χ0) is 19.1. The van der Waals surface area contributed by atoms with Crippen molar-refractivity contribution in [3.8, 4) is 0 Å². The summed E-state index contributed by atoms with van der Waals surface area (Å²) < 4.78 is 20.5. The third-order valence-corrected chi connectivity index (χ3v) is 4.65. The van der Waals surface area contributed by atoms with Crippen LogP contribution in [-0.4, -0.2) is 65.5 Å². The Morgan fingerprint density at radius 3 is 2.57 bits per heavy atom. The molecule has 1 aliphatic heterocycles. The predicted molar refractivity (Wildman–Crippen MR) is 116 cm³/mol. The average molecular weight is 503 g/mol. The average Bonchev–Trinajstić information content (AvgIpc) is 3.11. The Hall–Kier alpha value is -1.79. The molecule has 0 radical (unpaired) electrons. The monoisotopic (exact) mass is 503 g/mol. The maximum Gasteiger partial charge on any atom is 0.191 e. The van der Waals surface area contributed by atoms with Crippen LogP contribution >= 0.6 is 24.0 Å². The number of aliphatic imine (C=N–C) groups is 1. The third kappa shape index (κ3) is 6.11. The number of morpholine rings is 1. The maximum atomic E-state index is 13.3. The van der Waals surface area contributed by atoms with Crippen LogP contribution in [0.5, 0.6) is 0 Å². The third-order valence-electron chi connectivity index (χ3n) is 4.65. The molecular formula is C18H27FIN7O. The number of rotatable bonds is 6. The van der Waals surface area contributed by atoms with Crippen LogP contribution in [-0.2, 0) is 18.3 Å². The van der Waals surface area contributed by atoms with Gasteiger partial charge in [0.1, 0.15) is 18.0 Å². The molecule has 10 heteroatoms. The number of ether oxygens (including phenoxy) is 1. The van der Waals surface area contributed by atoms with Crippen molar-refractivity contribution in [2.45, 2.75) is 12.6 Å². The molecule has 0 amide bonds. The molecule has 2 heterocycles. The second-order valence-electron chi connectivity index (χ2n) is 6.32. The number of nitrogens with zero attached hydrogens (tertiary/aromatic N) is 5. The van der Waals surface area contributed by atoms with E-state index in [9.17, 15) is 4.39 Å². The van der Waals surface area contributed by atoms with E-state index in [1.807, 2.05) is 19.2 Å². The van der Waals surface area contributed by atoms with Gasteiger partial charge in [-0.2, -0.15) is 5.10 Å². The van der Waals surface area contributed by atoms with Gasteiger partial charge in [-0.25, -0.2) is 9.37 Å². The number of guanidine groups is 1. The topological polar surface area (TPSA) is 79.6 Å². The molecule has 8 nitrogen and oxygen atoms in total. The molecular weight excluding hydrogens is 476 g/mol. The fourth-order valence-corrected chi connectivity index (χ4v) is 3.09. The van der Waals surface area contributed by atoms with E-state index >= 15 is 0 Å². The molecule has 1 fully saturated rings. The lowest BCUT2D eigenvalue weighted by Gasteiger charge is -2.35. The van der Waals surface area contributed by atoms with E-state index in [4.69, 9.17) is 4.74 Å². The number of aryl methyl sites for hydroxylation is 1. The Labute approximate surface area is 181 Å². The summed E-state index contributed by atoms with van der Waals surface area (Å²) >= 11 is 0. The van der Waals surface area contributed by atoms with Crippen molar-refractivity contribution in [2.75, 3.05) is 39.9 Å². The van der Waals surface area contributed by atoms with Crippen LogP contribution in [0.2, 0.25) is 0 Å². The smallest absolute Gasteiger partial charge is 0.191 e. The van der Waals surface area contributed by atoms with Crippen LogP contribution < -0.4 is 10.6 Å². The first-order valence-electron chi connectivity index (χ1n) is 9.02. The van der Waals surface area contributed by atoms with E-state index in [-0.39, 0.29) is 35.8 Å². The molecule has 1 aromatic heterocycles. The summed E-state index contributed by atoms with van der Waals surface area (Å²) in [7, 11) is 3.58. The molecule has 28 heavy (non-hydrogen) atoms. The van der Waals surface area contributed by atoms with Gasteiger partial charge in [-0.05, 0) is 17.7 Å². The van der Waals surface area contributed by atoms with Gasteiger partial charge in [-0.15, -0.1) is 24.0 Å². The Morgan fingerprint density at radius 1 is 1.25 bits per heavy atom. The van der Waals surface area contributed by atoms with Crippen molar-refractivity contribution in [1.82, 2.24) is 30.3 Å². The number of nitrogens with one attached hydrogen (secondary N) is 2. The van der Waals surface area contributed by atoms with Gasteiger partial charge in [0.15, 0.2) is 5.96 Å². The Kier molecular flexibility index (Phi) is 9.06. The molecule has 1 aromatic carbocycles. The molecule has 2 aromatic rings. The van der Waals surface area contributed by atoms with Crippen LogP contribution in [0.3, 0.4) is 0 Å². The highest BCUT2D eigenvalue weighted by Gasteiger charge is 2.23. The van der Waals surface area contributed by atoms with E-state index in [2.05, 4.69) is 30.6 Å². The SMILES string of the molecule is CN=C(NCc1ncnn1C)NCC(c1ccc(F)cc1)N1CCOCC1.I. The molecule has 1 unspecified atom stereocenters.